The summed E-state index contributed by atoms with van der Waals surface area (Å²) in [7, 11) is 0. The number of rotatable bonds is 14. The predicted molar refractivity (Wildman–Crippen MR) is 407 cm³/mol. The van der Waals surface area contributed by atoms with E-state index in [0.717, 1.165) is 112 Å². The molecule has 1 heterocycles. The zero-order valence-corrected chi connectivity index (χ0v) is 56.7. The molecule has 2 aliphatic carbocycles. The van der Waals surface area contributed by atoms with Gasteiger partial charge in [0.15, 0.2) is 0 Å². The monoisotopic (exact) mass is 1350 g/mol. The van der Waals surface area contributed by atoms with Crippen LogP contribution in [0.1, 0.15) is 77.9 Å². The van der Waals surface area contributed by atoms with Crippen molar-refractivity contribution in [2.75, 3.05) is 9.80 Å². The normalized spacial score (nSPS) is 14.9. The molecule has 0 aliphatic heterocycles. The minimum absolute atomic E-state index is 0.0456. The smallest absolute Gasteiger partial charge is 0.148 e. The molecule has 0 spiro atoms. The van der Waals surface area contributed by atoms with Crippen LogP contribution in [-0.2, 0) is 10.8 Å². The van der Waals surface area contributed by atoms with Crippen LogP contribution < -0.4 is 9.80 Å². The molecule has 14 aromatic carbocycles. The third-order valence-electron chi connectivity index (χ3n) is 21.1. The van der Waals surface area contributed by atoms with Crippen LogP contribution in [0.4, 0.5) is 60.5 Å². The van der Waals surface area contributed by atoms with Crippen molar-refractivity contribution in [1.29, 1.82) is 0 Å². The highest BCUT2D eigenvalue weighted by atomic mass is 19.1. The number of hydrogen-bond donors (Lipinski definition) is 0. The van der Waals surface area contributed by atoms with Gasteiger partial charge in [-0.25, -0.2) is 26.3 Å². The van der Waals surface area contributed by atoms with E-state index in [1.807, 2.05) is 72.8 Å². The molecule has 0 amide bonds. The standard InChI is InChI=1S/C94H64F6N2O/c1-7-59-21-29-63(30-22-59)93(81-45-55(3)17-19-57(81)5)79-15-11-9-13-71(79)73-41-37-67(47-83(73)93)101(89-53-85(97)77(51-87(89)99)61-25-33-65(95)34-26-61)69-39-43-75-76-44-40-70(50-92(76)103-91(75)49-69)102(90-54-86(98)78(52-88(90)100)62-27-35-66(96)36-28-62)68-38-42-74-72-14-10-12-16-80(72)94(84(74)48-68,64-31-23-60(8-2)24-32-64)82-46-56(4)18-20-58(82)6/h7-54H,1-2H2,3-6H3. The molecule has 0 fully saturated rings. The Labute approximate surface area is 593 Å². The molecule has 0 saturated heterocycles. The van der Waals surface area contributed by atoms with Gasteiger partial charge in [-0.15, -0.1) is 0 Å². The Morgan fingerprint density at radius 1 is 0.311 bits per heavy atom. The van der Waals surface area contributed by atoms with Gasteiger partial charge < -0.3 is 14.2 Å². The van der Waals surface area contributed by atoms with Crippen molar-refractivity contribution >= 4 is 68.2 Å². The Morgan fingerprint density at radius 3 is 1.08 bits per heavy atom. The summed E-state index contributed by atoms with van der Waals surface area (Å²) >= 11 is 0. The van der Waals surface area contributed by atoms with Crippen LogP contribution in [0.3, 0.4) is 0 Å². The van der Waals surface area contributed by atoms with Crippen LogP contribution in [0.25, 0.3) is 78.6 Å². The number of anilines is 6. The van der Waals surface area contributed by atoms with Gasteiger partial charge >= 0.3 is 0 Å². The van der Waals surface area contributed by atoms with Gasteiger partial charge in [0.05, 0.1) is 22.2 Å². The van der Waals surface area contributed by atoms with Crippen molar-refractivity contribution < 1.29 is 30.8 Å². The average Bonchev–Trinajstić information content (AvgIpc) is 1.55. The summed E-state index contributed by atoms with van der Waals surface area (Å²) in [5, 5.41) is 1.38. The number of halogens is 6. The molecule has 3 nitrogen and oxygen atoms in total. The van der Waals surface area contributed by atoms with Gasteiger partial charge in [-0.1, -0.05) is 206 Å². The number of aryl methyl sites for hydroxylation is 4. The SMILES string of the molecule is C=Cc1ccc(C2(c3cc(C)ccc3C)c3ccccc3-c3ccc(N(c4ccc5c(c4)oc4cc(N(c6ccc7c(c6)C(c6ccc(C=C)cc6)(c6cc(C)ccc6C)c6ccccc6-7)c6cc(F)c(-c7ccc(F)cc7)cc6F)ccc45)c4cc(F)c(-c5ccc(F)cc5)cc4F)cc32)cc1. The molecule has 103 heavy (non-hydrogen) atoms. The van der Waals surface area contributed by atoms with Crippen molar-refractivity contribution in [2.24, 2.45) is 0 Å². The first kappa shape index (κ1) is 64.0. The van der Waals surface area contributed by atoms with Crippen molar-refractivity contribution in [3.8, 4) is 44.5 Å². The lowest BCUT2D eigenvalue weighted by Gasteiger charge is -2.36. The predicted octanol–water partition coefficient (Wildman–Crippen LogP) is 25.9. The molecule has 0 radical (unpaired) electrons. The zero-order valence-electron chi connectivity index (χ0n) is 56.7. The Balaban J connectivity index is 0.869. The first-order valence-electron chi connectivity index (χ1n) is 34.2. The molecule has 2 unspecified atom stereocenters. The van der Waals surface area contributed by atoms with Gasteiger partial charge in [0.25, 0.3) is 0 Å². The van der Waals surface area contributed by atoms with Crippen LogP contribution >= 0.6 is 0 Å². The third-order valence-corrected chi connectivity index (χ3v) is 21.1. The maximum Gasteiger partial charge on any atom is 0.148 e. The molecular weight excluding hydrogens is 1290 g/mol. The number of furan rings is 1. The molecule has 15 aromatic rings. The van der Waals surface area contributed by atoms with Crippen molar-refractivity contribution in [3.63, 3.8) is 0 Å². The molecule has 0 N–H and O–H groups in total. The van der Waals surface area contributed by atoms with Gasteiger partial charge in [0.1, 0.15) is 46.1 Å². The van der Waals surface area contributed by atoms with Crippen LogP contribution in [-0.4, -0.2) is 0 Å². The Kier molecular flexibility index (Phi) is 15.3. The Hall–Kier alpha value is -12.5. The molecule has 498 valence electrons. The minimum Gasteiger partial charge on any atom is -0.456 e. The van der Waals surface area contributed by atoms with E-state index in [-0.39, 0.29) is 22.5 Å². The second-order valence-electron chi connectivity index (χ2n) is 27.1. The lowest BCUT2D eigenvalue weighted by molar-refractivity contribution is 0.604. The Bertz CT molecular complexity index is 5630. The fraction of sp³-hybridized carbons (Fsp3) is 0.0638. The highest BCUT2D eigenvalue weighted by molar-refractivity contribution is 6.08. The van der Waals surface area contributed by atoms with Gasteiger partial charge in [-0.05, 0) is 213 Å². The maximum absolute atomic E-state index is 17.8. The van der Waals surface area contributed by atoms with Crippen molar-refractivity contribution in [1.82, 2.24) is 0 Å². The van der Waals surface area contributed by atoms with Crippen LogP contribution in [0.15, 0.2) is 297 Å². The zero-order chi connectivity index (χ0) is 70.7. The lowest BCUT2D eigenvalue weighted by Crippen LogP contribution is -2.30. The first-order valence-corrected chi connectivity index (χ1v) is 34.2. The van der Waals surface area contributed by atoms with Crippen LogP contribution in [0.5, 0.6) is 0 Å². The second-order valence-corrected chi connectivity index (χ2v) is 27.1. The highest BCUT2D eigenvalue weighted by Gasteiger charge is 2.49. The fourth-order valence-electron chi connectivity index (χ4n) is 16.3. The van der Waals surface area contributed by atoms with E-state index in [9.17, 15) is 8.78 Å². The summed E-state index contributed by atoms with van der Waals surface area (Å²) in [6, 6.07) is 85.1. The number of benzene rings is 14. The number of fused-ring (bicyclic) bond motifs is 9. The average molecular weight is 1350 g/mol. The van der Waals surface area contributed by atoms with Crippen LogP contribution in [0, 0.1) is 62.6 Å². The van der Waals surface area contributed by atoms with E-state index in [4.69, 9.17) is 4.42 Å². The van der Waals surface area contributed by atoms with Gasteiger partial charge in [0, 0.05) is 68.9 Å². The minimum atomic E-state index is -0.904. The molecule has 0 saturated carbocycles. The molecule has 1 aromatic heterocycles. The van der Waals surface area contributed by atoms with Crippen molar-refractivity contribution in [3.05, 3.63) is 405 Å². The molecule has 17 rings (SSSR count). The summed E-state index contributed by atoms with van der Waals surface area (Å²) in [6.07, 6.45) is 3.64. The summed E-state index contributed by atoms with van der Waals surface area (Å²) in [5.41, 5.74) is 19.4. The molecular formula is C94H64F6N2O. The maximum atomic E-state index is 17.8. The van der Waals surface area contributed by atoms with Gasteiger partial charge in [-0.3, -0.25) is 0 Å². The van der Waals surface area contributed by atoms with E-state index in [2.05, 4.69) is 186 Å². The number of nitrogens with zero attached hydrogens (tertiary/aromatic N) is 2. The third kappa shape index (κ3) is 10.2. The highest BCUT2D eigenvalue weighted by Crippen LogP contribution is 2.61. The molecule has 0 bridgehead atoms. The second kappa shape index (κ2) is 24.7. The topological polar surface area (TPSA) is 19.6 Å². The molecule has 2 atom stereocenters. The fourth-order valence-corrected chi connectivity index (χ4v) is 16.3. The van der Waals surface area contributed by atoms with E-state index in [0.29, 0.717) is 55.8 Å². The van der Waals surface area contributed by atoms with Crippen molar-refractivity contribution in [2.45, 2.75) is 38.5 Å². The summed E-state index contributed by atoms with van der Waals surface area (Å²) in [4.78, 5) is 3.41. The van der Waals surface area contributed by atoms with E-state index >= 15 is 17.6 Å². The van der Waals surface area contributed by atoms with E-state index < -0.39 is 45.7 Å². The van der Waals surface area contributed by atoms with E-state index in [1.54, 1.807) is 9.80 Å². The van der Waals surface area contributed by atoms with E-state index in [1.165, 1.54) is 60.7 Å². The summed E-state index contributed by atoms with van der Waals surface area (Å²) in [6.45, 7) is 16.5. The largest absolute Gasteiger partial charge is 0.456 e. The molecule has 2 aliphatic rings. The summed E-state index contributed by atoms with van der Waals surface area (Å²) < 4.78 is 106. The first-order chi connectivity index (χ1) is 50.0. The lowest BCUT2D eigenvalue weighted by atomic mass is 9.66. The number of hydrogen-bond acceptors (Lipinski definition) is 3. The Morgan fingerprint density at radius 2 is 0.680 bits per heavy atom. The van der Waals surface area contributed by atoms with Crippen LogP contribution in [0.2, 0.25) is 0 Å². The van der Waals surface area contributed by atoms with Gasteiger partial charge in [-0.2, -0.15) is 0 Å². The summed E-state index contributed by atoms with van der Waals surface area (Å²) in [5.74, 6) is -3.99. The van der Waals surface area contributed by atoms with Gasteiger partial charge in [0.2, 0.25) is 0 Å². The quantitative estimate of drug-likeness (QED) is 0.101. The molecule has 9 heteroatoms.